The van der Waals surface area contributed by atoms with Crippen LogP contribution in [0.5, 0.6) is 0 Å². The Balaban J connectivity index is 1.35. The Morgan fingerprint density at radius 1 is 0.865 bits per heavy atom. The summed E-state index contributed by atoms with van der Waals surface area (Å²) < 4.78 is 27.1. The minimum absolute atomic E-state index is 0.00794. The standard InChI is InChI=1S/C30H34N2O4S/c1-30(2,3)26-14-12-23(13-15-26)28(33)25-10-7-11-27(20-25)31-29(34)24-16-18-32(19-17-24)37(35,36)21-22-8-5-4-6-9-22/h4-15,20,24H,16-19,21H2,1-3H3,(H,31,34). The van der Waals surface area contributed by atoms with E-state index in [1.165, 1.54) is 4.31 Å². The van der Waals surface area contributed by atoms with E-state index < -0.39 is 10.0 Å². The van der Waals surface area contributed by atoms with Crippen molar-refractivity contribution in [3.8, 4) is 0 Å². The molecule has 1 heterocycles. The lowest BCUT2D eigenvalue weighted by Gasteiger charge is -2.30. The molecule has 0 aromatic heterocycles. The summed E-state index contributed by atoms with van der Waals surface area (Å²) in [6.07, 6.45) is 0.914. The fraction of sp³-hybridized carbons (Fsp3) is 0.333. The molecule has 0 unspecified atom stereocenters. The van der Waals surface area contributed by atoms with Gasteiger partial charge in [0.2, 0.25) is 15.9 Å². The van der Waals surface area contributed by atoms with E-state index >= 15 is 0 Å². The Kier molecular flexibility index (Phi) is 7.95. The van der Waals surface area contributed by atoms with Crippen LogP contribution >= 0.6 is 0 Å². The van der Waals surface area contributed by atoms with Gasteiger partial charge in [0.1, 0.15) is 0 Å². The average Bonchev–Trinajstić information content (AvgIpc) is 2.88. The number of hydrogen-bond donors (Lipinski definition) is 1. The van der Waals surface area contributed by atoms with Gasteiger partial charge in [-0.25, -0.2) is 12.7 Å². The zero-order valence-corrected chi connectivity index (χ0v) is 22.4. The molecule has 0 spiro atoms. The first kappa shape index (κ1) is 26.8. The average molecular weight is 519 g/mol. The van der Waals surface area contributed by atoms with Crippen LogP contribution in [0.4, 0.5) is 5.69 Å². The molecule has 7 heteroatoms. The second-order valence-electron chi connectivity index (χ2n) is 10.6. The van der Waals surface area contributed by atoms with Crippen LogP contribution in [0.15, 0.2) is 78.9 Å². The summed E-state index contributed by atoms with van der Waals surface area (Å²) in [4.78, 5) is 26.0. The van der Waals surface area contributed by atoms with Crippen LogP contribution in [0.3, 0.4) is 0 Å². The molecule has 1 fully saturated rings. The minimum atomic E-state index is -3.43. The summed E-state index contributed by atoms with van der Waals surface area (Å²) >= 11 is 0. The van der Waals surface area contributed by atoms with Crippen LogP contribution in [0, 0.1) is 5.92 Å². The molecule has 3 aromatic carbocycles. The number of hydrogen-bond acceptors (Lipinski definition) is 4. The third-order valence-corrected chi connectivity index (χ3v) is 8.67. The smallest absolute Gasteiger partial charge is 0.227 e. The number of nitrogens with zero attached hydrogens (tertiary/aromatic N) is 1. The van der Waals surface area contributed by atoms with Crippen LogP contribution in [-0.4, -0.2) is 37.5 Å². The third kappa shape index (κ3) is 6.73. The lowest BCUT2D eigenvalue weighted by atomic mass is 9.86. The van der Waals surface area contributed by atoms with Crippen molar-refractivity contribution in [2.45, 2.75) is 44.8 Å². The highest BCUT2D eigenvalue weighted by molar-refractivity contribution is 7.88. The van der Waals surface area contributed by atoms with Gasteiger partial charge in [-0.2, -0.15) is 0 Å². The molecule has 0 bridgehead atoms. The first-order chi connectivity index (χ1) is 17.5. The van der Waals surface area contributed by atoms with E-state index in [-0.39, 0.29) is 28.8 Å². The normalized spacial score (nSPS) is 15.3. The predicted octanol–water partition coefficient (Wildman–Crippen LogP) is 5.40. The summed E-state index contributed by atoms with van der Waals surface area (Å²) in [6, 6.07) is 23.7. The summed E-state index contributed by atoms with van der Waals surface area (Å²) in [6.45, 7) is 7.02. The number of carbonyl (C=O) groups is 2. The van der Waals surface area contributed by atoms with Crippen molar-refractivity contribution in [1.82, 2.24) is 4.31 Å². The fourth-order valence-corrected chi connectivity index (χ4v) is 6.11. The van der Waals surface area contributed by atoms with Gasteiger partial charge >= 0.3 is 0 Å². The van der Waals surface area contributed by atoms with E-state index in [2.05, 4.69) is 26.1 Å². The maximum Gasteiger partial charge on any atom is 0.227 e. The highest BCUT2D eigenvalue weighted by Gasteiger charge is 2.31. The van der Waals surface area contributed by atoms with Gasteiger partial charge < -0.3 is 5.32 Å². The molecule has 1 saturated heterocycles. The van der Waals surface area contributed by atoms with Crippen molar-refractivity contribution in [2.75, 3.05) is 18.4 Å². The molecule has 0 saturated carbocycles. The van der Waals surface area contributed by atoms with E-state index in [4.69, 9.17) is 0 Å². The topological polar surface area (TPSA) is 83.6 Å². The van der Waals surface area contributed by atoms with Gasteiger partial charge in [0.15, 0.2) is 5.78 Å². The molecule has 1 amide bonds. The predicted molar refractivity (Wildman–Crippen MR) is 147 cm³/mol. The Morgan fingerprint density at radius 2 is 1.51 bits per heavy atom. The summed E-state index contributed by atoms with van der Waals surface area (Å²) in [7, 11) is -3.43. The highest BCUT2D eigenvalue weighted by Crippen LogP contribution is 2.25. The van der Waals surface area contributed by atoms with Gasteiger partial charge in [-0.1, -0.05) is 87.5 Å². The minimum Gasteiger partial charge on any atom is -0.326 e. The number of ketones is 1. The number of amides is 1. The number of anilines is 1. The molecule has 0 radical (unpaired) electrons. The summed E-state index contributed by atoms with van der Waals surface area (Å²) in [5, 5.41) is 2.92. The molecular weight excluding hydrogens is 484 g/mol. The molecule has 194 valence electrons. The van der Waals surface area contributed by atoms with E-state index in [0.29, 0.717) is 42.7 Å². The van der Waals surface area contributed by atoms with Crippen molar-refractivity contribution in [2.24, 2.45) is 5.92 Å². The fourth-order valence-electron chi connectivity index (χ4n) is 4.54. The molecular formula is C30H34N2O4S. The maximum absolute atomic E-state index is 13.0. The Morgan fingerprint density at radius 3 is 2.14 bits per heavy atom. The lowest BCUT2D eigenvalue weighted by Crippen LogP contribution is -2.41. The van der Waals surface area contributed by atoms with Crippen molar-refractivity contribution >= 4 is 27.4 Å². The number of benzene rings is 3. The molecule has 0 atom stereocenters. The zero-order chi connectivity index (χ0) is 26.6. The quantitative estimate of drug-likeness (QED) is 0.425. The van der Waals surface area contributed by atoms with Gasteiger partial charge in [-0.05, 0) is 41.5 Å². The Bertz CT molecular complexity index is 1350. The van der Waals surface area contributed by atoms with E-state index in [9.17, 15) is 18.0 Å². The van der Waals surface area contributed by atoms with Crippen LogP contribution < -0.4 is 5.32 Å². The second-order valence-corrected chi connectivity index (χ2v) is 12.6. The van der Waals surface area contributed by atoms with Gasteiger partial charge in [0.05, 0.1) is 5.75 Å². The first-order valence-corrected chi connectivity index (χ1v) is 14.2. The summed E-state index contributed by atoms with van der Waals surface area (Å²) in [5.41, 5.74) is 3.57. The molecule has 6 nitrogen and oxygen atoms in total. The van der Waals surface area contributed by atoms with Crippen molar-refractivity contribution in [3.63, 3.8) is 0 Å². The number of piperidine rings is 1. The van der Waals surface area contributed by atoms with Crippen LogP contribution in [0.2, 0.25) is 0 Å². The number of carbonyl (C=O) groups excluding carboxylic acids is 2. The van der Waals surface area contributed by atoms with Gasteiger partial charge in [0.25, 0.3) is 0 Å². The van der Waals surface area contributed by atoms with Crippen LogP contribution in [0.25, 0.3) is 0 Å². The lowest BCUT2D eigenvalue weighted by molar-refractivity contribution is -0.120. The molecule has 1 N–H and O–H groups in total. The van der Waals surface area contributed by atoms with Gasteiger partial charge in [-0.3, -0.25) is 9.59 Å². The van der Waals surface area contributed by atoms with E-state index in [1.54, 1.807) is 36.4 Å². The van der Waals surface area contributed by atoms with Crippen molar-refractivity contribution in [3.05, 3.63) is 101 Å². The largest absolute Gasteiger partial charge is 0.326 e. The van der Waals surface area contributed by atoms with Crippen LogP contribution in [-0.2, 0) is 26.0 Å². The van der Waals surface area contributed by atoms with Crippen molar-refractivity contribution < 1.29 is 18.0 Å². The zero-order valence-electron chi connectivity index (χ0n) is 21.6. The third-order valence-electron chi connectivity index (χ3n) is 6.82. The molecule has 1 aliphatic rings. The summed E-state index contributed by atoms with van der Waals surface area (Å²) in [5.74, 6) is -0.579. The van der Waals surface area contributed by atoms with Crippen molar-refractivity contribution in [1.29, 1.82) is 0 Å². The number of rotatable bonds is 7. The molecule has 37 heavy (non-hydrogen) atoms. The van der Waals surface area contributed by atoms with Crippen LogP contribution in [0.1, 0.15) is 60.7 Å². The Hall–Kier alpha value is -3.29. The molecule has 3 aromatic rings. The van der Waals surface area contributed by atoms with Gasteiger partial charge in [-0.15, -0.1) is 0 Å². The number of sulfonamides is 1. The first-order valence-electron chi connectivity index (χ1n) is 12.6. The van der Waals surface area contributed by atoms with Gasteiger partial charge in [0, 0.05) is 35.8 Å². The van der Waals surface area contributed by atoms with E-state index in [0.717, 1.165) is 11.1 Å². The van der Waals surface area contributed by atoms with E-state index in [1.807, 2.05) is 42.5 Å². The molecule has 4 rings (SSSR count). The molecule has 1 aliphatic heterocycles. The Labute approximate surface area is 219 Å². The molecule has 0 aliphatic carbocycles. The maximum atomic E-state index is 13.0. The monoisotopic (exact) mass is 518 g/mol. The SMILES string of the molecule is CC(C)(C)c1ccc(C(=O)c2cccc(NC(=O)C3CCN(S(=O)(=O)Cc4ccccc4)CC3)c2)cc1. The second kappa shape index (κ2) is 11.0. The number of nitrogens with one attached hydrogen (secondary N) is 1. The highest BCUT2D eigenvalue weighted by atomic mass is 32.2.